The molecule has 2 nitrogen and oxygen atoms in total. The summed E-state index contributed by atoms with van der Waals surface area (Å²) in [6.45, 7) is 0. The van der Waals surface area contributed by atoms with Crippen molar-refractivity contribution in [2.24, 2.45) is 5.73 Å². The van der Waals surface area contributed by atoms with Crippen molar-refractivity contribution in [3.8, 4) is 0 Å². The molecule has 1 atom stereocenters. The van der Waals surface area contributed by atoms with Crippen LogP contribution >= 0.6 is 0 Å². The Morgan fingerprint density at radius 3 is 2.75 bits per heavy atom. The zero-order valence-electron chi connectivity index (χ0n) is 4.80. The zero-order valence-corrected chi connectivity index (χ0v) is 4.80. The molecule has 0 heterocycles. The monoisotopic (exact) mass is 113 g/mol. The van der Waals surface area contributed by atoms with E-state index in [0.29, 0.717) is 6.04 Å². The summed E-state index contributed by atoms with van der Waals surface area (Å²) in [6, 6.07) is 0.299. The average Bonchev–Trinajstić information content (AvgIpc) is 2.14. The number of rotatable bonds is 0. The summed E-state index contributed by atoms with van der Waals surface area (Å²) in [6.07, 6.45) is 4.09. The lowest BCUT2D eigenvalue weighted by Crippen LogP contribution is -2.13. The van der Waals surface area contributed by atoms with Gasteiger partial charge in [-0.25, -0.2) is 0 Å². The van der Waals surface area contributed by atoms with Gasteiger partial charge in [-0.05, 0) is 24.8 Å². The second-order valence-electron chi connectivity index (χ2n) is 2.29. The van der Waals surface area contributed by atoms with Crippen LogP contribution in [0.15, 0.2) is 11.8 Å². The molecule has 1 saturated carbocycles. The van der Waals surface area contributed by atoms with E-state index in [9.17, 15) is 0 Å². The van der Waals surface area contributed by atoms with Crippen molar-refractivity contribution in [3.63, 3.8) is 0 Å². The van der Waals surface area contributed by atoms with Crippen molar-refractivity contribution < 1.29 is 5.11 Å². The number of aliphatic hydroxyl groups excluding tert-OH is 1. The molecule has 2 heteroatoms. The van der Waals surface area contributed by atoms with E-state index in [-0.39, 0.29) is 0 Å². The van der Waals surface area contributed by atoms with Gasteiger partial charge in [-0.1, -0.05) is 0 Å². The first kappa shape index (κ1) is 5.63. The molecule has 0 amide bonds. The number of nitrogens with two attached hydrogens (primary N) is 1. The summed E-state index contributed by atoms with van der Waals surface area (Å²) in [5.74, 6) is 0. The van der Waals surface area contributed by atoms with Crippen LogP contribution in [0.3, 0.4) is 0 Å². The van der Waals surface area contributed by atoms with E-state index in [2.05, 4.69) is 0 Å². The molecule has 0 radical (unpaired) electrons. The van der Waals surface area contributed by atoms with Gasteiger partial charge in [0.1, 0.15) is 0 Å². The van der Waals surface area contributed by atoms with Crippen LogP contribution in [0.2, 0.25) is 0 Å². The molecule has 1 rings (SSSR count). The predicted octanol–water partition coefficient (Wildman–Crippen LogP) is 0.940. The van der Waals surface area contributed by atoms with Gasteiger partial charge in [0.25, 0.3) is 0 Å². The summed E-state index contributed by atoms with van der Waals surface area (Å²) < 4.78 is 0. The topological polar surface area (TPSA) is 46.2 Å². The first-order valence-electron chi connectivity index (χ1n) is 2.90. The minimum Gasteiger partial charge on any atom is -0.516 e. The number of hydrogen-bond donors (Lipinski definition) is 2. The Hall–Kier alpha value is -0.500. The molecule has 0 aromatic rings. The number of aliphatic hydroxyl groups is 1. The third-order valence-electron chi connectivity index (χ3n) is 1.54. The Balaban J connectivity index is 2.44. The smallest absolute Gasteiger partial charge is 0.0784 e. The molecule has 0 bridgehead atoms. The van der Waals surface area contributed by atoms with E-state index in [1.165, 1.54) is 6.26 Å². The molecule has 0 aliphatic heterocycles. The first-order chi connectivity index (χ1) is 3.83. The third kappa shape index (κ3) is 1.01. The molecule has 8 heavy (non-hydrogen) atoms. The van der Waals surface area contributed by atoms with Crippen LogP contribution in [-0.2, 0) is 0 Å². The van der Waals surface area contributed by atoms with Crippen molar-refractivity contribution in [2.45, 2.75) is 25.3 Å². The Morgan fingerprint density at radius 2 is 2.50 bits per heavy atom. The Morgan fingerprint density at radius 1 is 1.75 bits per heavy atom. The Bertz CT molecular complexity index is 109. The lowest BCUT2D eigenvalue weighted by atomic mass is 10.2. The third-order valence-corrected chi connectivity index (χ3v) is 1.54. The Kier molecular flexibility index (Phi) is 1.53. The summed E-state index contributed by atoms with van der Waals surface area (Å²) in [4.78, 5) is 0. The fourth-order valence-corrected chi connectivity index (χ4v) is 1.03. The van der Waals surface area contributed by atoms with E-state index in [4.69, 9.17) is 10.8 Å². The first-order valence-corrected chi connectivity index (χ1v) is 2.90. The fraction of sp³-hybridized carbons (Fsp3) is 0.667. The van der Waals surface area contributed by atoms with Gasteiger partial charge in [-0.2, -0.15) is 0 Å². The van der Waals surface area contributed by atoms with Crippen LogP contribution < -0.4 is 5.73 Å². The van der Waals surface area contributed by atoms with E-state index in [1.807, 2.05) is 0 Å². The van der Waals surface area contributed by atoms with Crippen LogP contribution in [0, 0.1) is 0 Å². The molecule has 1 fully saturated rings. The van der Waals surface area contributed by atoms with Gasteiger partial charge < -0.3 is 10.8 Å². The molecule has 46 valence electrons. The summed E-state index contributed by atoms with van der Waals surface area (Å²) in [5.41, 5.74) is 6.64. The van der Waals surface area contributed by atoms with Crippen molar-refractivity contribution in [1.29, 1.82) is 0 Å². The van der Waals surface area contributed by atoms with Crippen LogP contribution in [0.1, 0.15) is 19.3 Å². The molecule has 0 aromatic heterocycles. The zero-order chi connectivity index (χ0) is 5.98. The van der Waals surface area contributed by atoms with Gasteiger partial charge in [0.2, 0.25) is 0 Å². The average molecular weight is 113 g/mol. The molecular weight excluding hydrogens is 102 g/mol. The van der Waals surface area contributed by atoms with Crippen LogP contribution in [-0.4, -0.2) is 11.1 Å². The van der Waals surface area contributed by atoms with Gasteiger partial charge in [-0.3, -0.25) is 0 Å². The standard InChI is InChI=1S/C6H11NO/c7-6-2-1-5(3-6)4-8/h4,6,8H,1-3,7H2/b5-4+. The molecule has 0 spiro atoms. The molecule has 0 saturated heterocycles. The van der Waals surface area contributed by atoms with Crippen molar-refractivity contribution in [2.75, 3.05) is 0 Å². The minimum atomic E-state index is 0.299. The van der Waals surface area contributed by atoms with Gasteiger partial charge in [0, 0.05) is 6.04 Å². The molecule has 0 aromatic carbocycles. The maximum Gasteiger partial charge on any atom is 0.0784 e. The highest BCUT2D eigenvalue weighted by atomic mass is 16.2. The summed E-state index contributed by atoms with van der Waals surface area (Å²) >= 11 is 0. The quantitative estimate of drug-likeness (QED) is 0.459. The Labute approximate surface area is 49.0 Å². The number of hydrogen-bond acceptors (Lipinski definition) is 2. The van der Waals surface area contributed by atoms with Gasteiger partial charge in [-0.15, -0.1) is 0 Å². The minimum absolute atomic E-state index is 0.299. The fourth-order valence-electron chi connectivity index (χ4n) is 1.03. The van der Waals surface area contributed by atoms with Crippen LogP contribution in [0.25, 0.3) is 0 Å². The van der Waals surface area contributed by atoms with Gasteiger partial charge in [0.05, 0.1) is 6.26 Å². The maximum atomic E-state index is 8.47. The maximum absolute atomic E-state index is 8.47. The largest absolute Gasteiger partial charge is 0.516 e. The van der Waals surface area contributed by atoms with E-state index in [1.54, 1.807) is 0 Å². The van der Waals surface area contributed by atoms with Crippen molar-refractivity contribution in [3.05, 3.63) is 11.8 Å². The molecular formula is C6H11NO. The highest BCUT2D eigenvalue weighted by Crippen LogP contribution is 2.21. The summed E-state index contributed by atoms with van der Waals surface area (Å²) in [5, 5.41) is 8.47. The SMILES string of the molecule is NC1CC/C(=C\O)C1. The molecule has 1 aliphatic carbocycles. The predicted molar refractivity (Wildman–Crippen MR) is 32.5 cm³/mol. The molecule has 1 aliphatic rings. The highest BCUT2D eigenvalue weighted by Gasteiger charge is 2.14. The molecule has 1 unspecified atom stereocenters. The molecule has 3 N–H and O–H groups in total. The summed E-state index contributed by atoms with van der Waals surface area (Å²) in [7, 11) is 0. The van der Waals surface area contributed by atoms with Crippen molar-refractivity contribution >= 4 is 0 Å². The lowest BCUT2D eigenvalue weighted by molar-refractivity contribution is 0.464. The van der Waals surface area contributed by atoms with Crippen molar-refractivity contribution in [1.82, 2.24) is 0 Å². The van der Waals surface area contributed by atoms with Crippen LogP contribution in [0.4, 0.5) is 0 Å². The second kappa shape index (κ2) is 2.18. The van der Waals surface area contributed by atoms with Gasteiger partial charge >= 0.3 is 0 Å². The highest BCUT2D eigenvalue weighted by molar-refractivity contribution is 5.05. The van der Waals surface area contributed by atoms with E-state index < -0.39 is 0 Å². The van der Waals surface area contributed by atoms with E-state index >= 15 is 0 Å². The lowest BCUT2D eigenvalue weighted by Gasteiger charge is -1.93. The van der Waals surface area contributed by atoms with E-state index in [0.717, 1.165) is 24.8 Å². The normalized spacial score (nSPS) is 34.1. The van der Waals surface area contributed by atoms with Crippen LogP contribution in [0.5, 0.6) is 0 Å². The second-order valence-corrected chi connectivity index (χ2v) is 2.29. The van der Waals surface area contributed by atoms with Gasteiger partial charge in [0.15, 0.2) is 0 Å².